The number of alkyl halides is 3. The number of morpholine rings is 1. The second-order valence-electron chi connectivity index (χ2n) is 7.49. The monoisotopic (exact) mass is 444 g/mol. The summed E-state index contributed by atoms with van der Waals surface area (Å²) in [5.41, 5.74) is -0.419. The Morgan fingerprint density at radius 2 is 1.75 bits per heavy atom. The van der Waals surface area contributed by atoms with E-state index in [1.807, 2.05) is 24.3 Å². The first kappa shape index (κ1) is 22.1. The number of hydrogen-bond acceptors (Lipinski definition) is 4. The minimum Gasteiger partial charge on any atom is -0.492 e. The number of amides is 1. The van der Waals surface area contributed by atoms with Gasteiger partial charge in [0.25, 0.3) is 5.91 Å². The zero-order valence-electron chi connectivity index (χ0n) is 17.3. The van der Waals surface area contributed by atoms with Crippen LogP contribution in [-0.2, 0) is 10.9 Å². The summed E-state index contributed by atoms with van der Waals surface area (Å²) >= 11 is 0. The molecule has 0 spiro atoms. The Morgan fingerprint density at radius 1 is 1.00 bits per heavy atom. The van der Waals surface area contributed by atoms with E-state index < -0.39 is 17.6 Å². The van der Waals surface area contributed by atoms with E-state index in [2.05, 4.69) is 10.2 Å². The van der Waals surface area contributed by atoms with E-state index >= 15 is 0 Å². The molecule has 3 aromatic carbocycles. The van der Waals surface area contributed by atoms with Gasteiger partial charge in [-0.2, -0.15) is 13.2 Å². The van der Waals surface area contributed by atoms with Gasteiger partial charge in [0, 0.05) is 41.7 Å². The maximum atomic E-state index is 13.0. The number of nitrogens with one attached hydrogen (secondary N) is 1. The molecule has 0 radical (unpaired) electrons. The van der Waals surface area contributed by atoms with Crippen LogP contribution in [0.2, 0.25) is 0 Å². The van der Waals surface area contributed by atoms with E-state index in [-0.39, 0.29) is 5.56 Å². The fourth-order valence-corrected chi connectivity index (χ4v) is 3.65. The minimum atomic E-state index is -4.51. The van der Waals surface area contributed by atoms with Gasteiger partial charge < -0.3 is 14.8 Å². The highest BCUT2D eigenvalue weighted by Gasteiger charge is 2.31. The van der Waals surface area contributed by atoms with Gasteiger partial charge in [-0.25, -0.2) is 0 Å². The van der Waals surface area contributed by atoms with Gasteiger partial charge in [-0.15, -0.1) is 0 Å². The van der Waals surface area contributed by atoms with Gasteiger partial charge in [-0.1, -0.05) is 30.3 Å². The number of anilines is 1. The predicted octanol–water partition coefficient (Wildman–Crippen LogP) is 4.82. The molecule has 0 aliphatic carbocycles. The first-order valence-electron chi connectivity index (χ1n) is 10.3. The van der Waals surface area contributed by atoms with E-state index in [1.54, 1.807) is 12.1 Å². The second kappa shape index (κ2) is 9.58. The van der Waals surface area contributed by atoms with Gasteiger partial charge in [0.15, 0.2) is 0 Å². The Morgan fingerprint density at radius 3 is 2.50 bits per heavy atom. The van der Waals surface area contributed by atoms with Crippen LogP contribution in [0.25, 0.3) is 10.8 Å². The molecule has 1 fully saturated rings. The normalized spacial score (nSPS) is 15.0. The third-order valence-electron chi connectivity index (χ3n) is 5.35. The number of carbonyl (C=O) groups excluding carboxylic acids is 1. The molecule has 0 unspecified atom stereocenters. The molecule has 1 aliphatic rings. The number of carbonyl (C=O) groups is 1. The third-order valence-corrected chi connectivity index (χ3v) is 5.35. The lowest BCUT2D eigenvalue weighted by molar-refractivity contribution is -0.137. The average molecular weight is 444 g/mol. The van der Waals surface area contributed by atoms with Crippen LogP contribution in [-0.4, -0.2) is 50.3 Å². The summed E-state index contributed by atoms with van der Waals surface area (Å²) in [7, 11) is 0. The summed E-state index contributed by atoms with van der Waals surface area (Å²) in [6.07, 6.45) is -4.51. The largest absolute Gasteiger partial charge is 0.492 e. The van der Waals surface area contributed by atoms with E-state index in [1.165, 1.54) is 12.1 Å². The van der Waals surface area contributed by atoms with Gasteiger partial charge in [0.05, 0.1) is 18.8 Å². The van der Waals surface area contributed by atoms with Crippen molar-refractivity contribution >= 4 is 22.4 Å². The van der Waals surface area contributed by atoms with Gasteiger partial charge in [0.2, 0.25) is 0 Å². The molecule has 1 N–H and O–H groups in total. The Hall–Kier alpha value is -3.10. The standard InChI is InChI=1S/C24H23F3N2O3/c25-24(26,27)18-5-3-4-17(16-18)23(30)28-21-8-9-22(20-7-2-1-6-19(20)21)32-15-12-29-10-13-31-14-11-29/h1-9,16H,10-15H2,(H,28,30). The number of hydrogen-bond donors (Lipinski definition) is 1. The first-order valence-corrected chi connectivity index (χ1v) is 10.3. The van der Waals surface area contributed by atoms with Crippen LogP contribution < -0.4 is 10.1 Å². The van der Waals surface area contributed by atoms with Crippen molar-refractivity contribution in [3.05, 3.63) is 71.8 Å². The molecule has 0 atom stereocenters. The van der Waals surface area contributed by atoms with Crippen molar-refractivity contribution in [3.8, 4) is 5.75 Å². The molecule has 168 valence electrons. The topological polar surface area (TPSA) is 50.8 Å². The van der Waals surface area contributed by atoms with Crippen LogP contribution in [0, 0.1) is 0 Å². The van der Waals surface area contributed by atoms with E-state index in [9.17, 15) is 18.0 Å². The molecular formula is C24H23F3N2O3. The number of fused-ring (bicyclic) bond motifs is 1. The van der Waals surface area contributed by atoms with Crippen molar-refractivity contribution in [2.75, 3.05) is 44.8 Å². The van der Waals surface area contributed by atoms with Gasteiger partial charge >= 0.3 is 6.18 Å². The number of rotatable bonds is 6. The molecular weight excluding hydrogens is 421 g/mol. The van der Waals surface area contributed by atoms with Gasteiger partial charge in [-0.3, -0.25) is 9.69 Å². The highest BCUT2D eigenvalue weighted by Crippen LogP contribution is 2.33. The Labute approximate surface area is 183 Å². The van der Waals surface area contributed by atoms with Crippen molar-refractivity contribution in [2.45, 2.75) is 6.18 Å². The molecule has 5 nitrogen and oxygen atoms in total. The van der Waals surface area contributed by atoms with Crippen molar-refractivity contribution in [1.82, 2.24) is 4.90 Å². The minimum absolute atomic E-state index is 0.0604. The molecule has 0 bridgehead atoms. The predicted molar refractivity (Wildman–Crippen MR) is 116 cm³/mol. The molecule has 1 heterocycles. The third kappa shape index (κ3) is 5.20. The maximum absolute atomic E-state index is 13.0. The molecule has 4 rings (SSSR count). The van der Waals surface area contributed by atoms with E-state index in [0.29, 0.717) is 18.0 Å². The number of benzene rings is 3. The average Bonchev–Trinajstić information content (AvgIpc) is 2.80. The van der Waals surface area contributed by atoms with Crippen LogP contribution in [0.4, 0.5) is 18.9 Å². The van der Waals surface area contributed by atoms with Crippen LogP contribution in [0.3, 0.4) is 0 Å². The van der Waals surface area contributed by atoms with Crippen molar-refractivity contribution in [3.63, 3.8) is 0 Å². The van der Waals surface area contributed by atoms with Crippen molar-refractivity contribution in [2.24, 2.45) is 0 Å². The second-order valence-corrected chi connectivity index (χ2v) is 7.49. The Kier molecular flexibility index (Phi) is 6.62. The highest BCUT2D eigenvalue weighted by atomic mass is 19.4. The molecule has 1 amide bonds. The number of ether oxygens (including phenoxy) is 2. The molecule has 1 aliphatic heterocycles. The number of nitrogens with zero attached hydrogens (tertiary/aromatic N) is 1. The molecule has 0 saturated carbocycles. The summed E-state index contributed by atoms with van der Waals surface area (Å²) in [5, 5.41) is 4.29. The zero-order valence-corrected chi connectivity index (χ0v) is 17.3. The van der Waals surface area contributed by atoms with Gasteiger partial charge in [0.1, 0.15) is 12.4 Å². The summed E-state index contributed by atoms with van der Waals surface area (Å²) in [5.74, 6) is 0.0770. The van der Waals surface area contributed by atoms with Gasteiger partial charge in [-0.05, 0) is 30.3 Å². The molecule has 3 aromatic rings. The molecule has 32 heavy (non-hydrogen) atoms. The molecule has 0 aromatic heterocycles. The van der Waals surface area contributed by atoms with Crippen LogP contribution in [0.1, 0.15) is 15.9 Å². The first-order chi connectivity index (χ1) is 15.4. The zero-order chi connectivity index (χ0) is 22.6. The maximum Gasteiger partial charge on any atom is 0.416 e. The lowest BCUT2D eigenvalue weighted by Gasteiger charge is -2.26. The highest BCUT2D eigenvalue weighted by molar-refractivity contribution is 6.10. The Bertz CT molecular complexity index is 1100. The van der Waals surface area contributed by atoms with E-state index in [4.69, 9.17) is 9.47 Å². The summed E-state index contributed by atoms with van der Waals surface area (Å²) < 4.78 is 50.3. The number of halogens is 3. The smallest absolute Gasteiger partial charge is 0.416 e. The van der Waals surface area contributed by atoms with E-state index in [0.717, 1.165) is 55.8 Å². The Balaban J connectivity index is 1.50. The lowest BCUT2D eigenvalue weighted by atomic mass is 10.1. The molecule has 1 saturated heterocycles. The summed E-state index contributed by atoms with van der Waals surface area (Å²) in [6, 6.07) is 15.3. The van der Waals surface area contributed by atoms with Crippen LogP contribution in [0.5, 0.6) is 5.75 Å². The summed E-state index contributed by atoms with van der Waals surface area (Å²) in [6.45, 7) is 4.51. The fraction of sp³-hybridized carbons (Fsp3) is 0.292. The van der Waals surface area contributed by atoms with Crippen molar-refractivity contribution in [1.29, 1.82) is 0 Å². The van der Waals surface area contributed by atoms with Crippen LogP contribution >= 0.6 is 0 Å². The van der Waals surface area contributed by atoms with Crippen LogP contribution in [0.15, 0.2) is 60.7 Å². The quantitative estimate of drug-likeness (QED) is 0.592. The summed E-state index contributed by atoms with van der Waals surface area (Å²) in [4.78, 5) is 14.9. The SMILES string of the molecule is O=C(Nc1ccc(OCCN2CCOCC2)c2ccccc12)c1cccc(C(F)(F)F)c1. The fourth-order valence-electron chi connectivity index (χ4n) is 3.65. The lowest BCUT2D eigenvalue weighted by Crippen LogP contribution is -2.38. The van der Waals surface area contributed by atoms with Crippen molar-refractivity contribution < 1.29 is 27.4 Å². The molecule has 8 heteroatoms.